The molecule has 0 saturated carbocycles. The SMILES string of the molecule is c1ccc(-c2ccc3oc4ccc(-n5c6ccccc6c6cccc(Cc7nc(-c8ccccc8)nc(-c8cccc9oc%10ccccc%10c89)n7)c65)cc4c3c2)cc1. The fourth-order valence-corrected chi connectivity index (χ4v) is 8.68. The molecular formula is C52H32N4O2. The lowest BCUT2D eigenvalue weighted by atomic mass is 10.0. The maximum Gasteiger partial charge on any atom is 0.164 e. The van der Waals surface area contributed by atoms with E-state index in [2.05, 4.69) is 120 Å². The Bertz CT molecular complexity index is 3540. The van der Waals surface area contributed by atoms with E-state index in [4.69, 9.17) is 23.8 Å². The van der Waals surface area contributed by atoms with Crippen LogP contribution in [-0.4, -0.2) is 19.5 Å². The van der Waals surface area contributed by atoms with Gasteiger partial charge in [0.25, 0.3) is 0 Å². The highest BCUT2D eigenvalue weighted by Crippen LogP contribution is 2.39. The third kappa shape index (κ3) is 5.16. The molecule has 4 aromatic heterocycles. The predicted molar refractivity (Wildman–Crippen MR) is 234 cm³/mol. The number of rotatable bonds is 6. The van der Waals surface area contributed by atoms with E-state index < -0.39 is 0 Å². The molecule has 0 atom stereocenters. The van der Waals surface area contributed by atoms with E-state index in [0.717, 1.165) is 82.9 Å². The molecule has 0 bridgehead atoms. The number of hydrogen-bond donors (Lipinski definition) is 0. The second-order valence-electron chi connectivity index (χ2n) is 14.7. The zero-order valence-electron chi connectivity index (χ0n) is 31.1. The van der Waals surface area contributed by atoms with E-state index in [1.165, 1.54) is 16.3 Å². The van der Waals surface area contributed by atoms with Crippen LogP contribution in [0.1, 0.15) is 11.4 Å². The van der Waals surface area contributed by atoms with Gasteiger partial charge in [-0.3, -0.25) is 0 Å². The summed E-state index contributed by atoms with van der Waals surface area (Å²) in [6.45, 7) is 0. The fraction of sp³-hybridized carbons (Fsp3) is 0.0192. The van der Waals surface area contributed by atoms with Crippen molar-refractivity contribution in [2.75, 3.05) is 0 Å². The molecule has 8 aromatic carbocycles. The van der Waals surface area contributed by atoms with Gasteiger partial charge in [0.15, 0.2) is 11.6 Å². The molecule has 4 heterocycles. The third-order valence-electron chi connectivity index (χ3n) is 11.3. The van der Waals surface area contributed by atoms with E-state index in [9.17, 15) is 0 Å². The normalized spacial score (nSPS) is 11.9. The van der Waals surface area contributed by atoms with E-state index in [1.54, 1.807) is 0 Å². The fourth-order valence-electron chi connectivity index (χ4n) is 8.68. The summed E-state index contributed by atoms with van der Waals surface area (Å²) in [6.07, 6.45) is 0.489. The number of benzene rings is 8. The molecule has 0 spiro atoms. The standard InChI is InChI=1S/C52H32N4O2/c1-3-13-32(14-4-1)34-25-27-45-41(29-34)42-31-36(26-28-46(42)57-45)56-43-22-9-7-18-37(43)38-20-11-17-35(50(38)56)30-48-53-51(33-15-5-2-6-16-33)55-52(54-48)40-21-12-24-47-49(40)39-19-8-10-23-44(39)58-47/h1-29,31H,30H2. The van der Waals surface area contributed by atoms with Crippen molar-refractivity contribution < 1.29 is 8.83 Å². The first-order chi connectivity index (χ1) is 28.7. The van der Waals surface area contributed by atoms with Gasteiger partial charge in [0, 0.05) is 55.6 Å². The number of hydrogen-bond acceptors (Lipinski definition) is 5. The molecule has 272 valence electrons. The van der Waals surface area contributed by atoms with Crippen LogP contribution in [0.15, 0.2) is 191 Å². The zero-order valence-corrected chi connectivity index (χ0v) is 31.1. The van der Waals surface area contributed by atoms with Gasteiger partial charge in [-0.1, -0.05) is 133 Å². The summed E-state index contributed by atoms with van der Waals surface area (Å²) < 4.78 is 15.1. The van der Waals surface area contributed by atoms with Crippen molar-refractivity contribution in [3.8, 4) is 39.6 Å². The molecule has 0 unspecified atom stereocenters. The number of para-hydroxylation sites is 3. The molecule has 0 radical (unpaired) electrons. The summed E-state index contributed by atoms with van der Waals surface area (Å²) in [5, 5.41) is 6.54. The van der Waals surface area contributed by atoms with Crippen molar-refractivity contribution in [1.82, 2.24) is 19.5 Å². The van der Waals surface area contributed by atoms with Crippen LogP contribution >= 0.6 is 0 Å². The number of fused-ring (bicyclic) bond motifs is 9. The smallest absolute Gasteiger partial charge is 0.164 e. The van der Waals surface area contributed by atoms with Crippen molar-refractivity contribution in [2.45, 2.75) is 6.42 Å². The Kier molecular flexibility index (Phi) is 7.19. The van der Waals surface area contributed by atoms with Crippen LogP contribution in [0.3, 0.4) is 0 Å². The van der Waals surface area contributed by atoms with Crippen molar-refractivity contribution in [3.05, 3.63) is 193 Å². The molecule has 58 heavy (non-hydrogen) atoms. The van der Waals surface area contributed by atoms with Crippen LogP contribution in [-0.2, 0) is 6.42 Å². The summed E-state index contributed by atoms with van der Waals surface area (Å²) in [7, 11) is 0. The number of aromatic nitrogens is 4. The number of nitrogens with zero attached hydrogens (tertiary/aromatic N) is 4. The van der Waals surface area contributed by atoms with Crippen LogP contribution in [0, 0.1) is 0 Å². The van der Waals surface area contributed by atoms with Gasteiger partial charge in [-0.05, 0) is 65.2 Å². The maximum atomic E-state index is 6.40. The molecular weight excluding hydrogens is 713 g/mol. The summed E-state index contributed by atoms with van der Waals surface area (Å²) in [5.74, 6) is 1.92. The first kappa shape index (κ1) is 32.4. The highest BCUT2D eigenvalue weighted by Gasteiger charge is 2.21. The third-order valence-corrected chi connectivity index (χ3v) is 11.3. The molecule has 12 aromatic rings. The van der Waals surface area contributed by atoms with Gasteiger partial charge in [-0.25, -0.2) is 15.0 Å². The Morgan fingerprint density at radius 1 is 0.414 bits per heavy atom. The quantitative estimate of drug-likeness (QED) is 0.170. The largest absolute Gasteiger partial charge is 0.456 e. The second-order valence-corrected chi connectivity index (χ2v) is 14.7. The van der Waals surface area contributed by atoms with Gasteiger partial charge in [0.1, 0.15) is 28.2 Å². The molecule has 0 amide bonds. The maximum absolute atomic E-state index is 6.40. The Morgan fingerprint density at radius 3 is 1.91 bits per heavy atom. The highest BCUT2D eigenvalue weighted by atomic mass is 16.3. The Morgan fingerprint density at radius 2 is 1.05 bits per heavy atom. The predicted octanol–water partition coefficient (Wildman–Crippen LogP) is 13.4. The summed E-state index contributed by atoms with van der Waals surface area (Å²) in [5.41, 5.74) is 11.9. The lowest BCUT2D eigenvalue weighted by Crippen LogP contribution is -2.05. The summed E-state index contributed by atoms with van der Waals surface area (Å²) >= 11 is 0. The van der Waals surface area contributed by atoms with Gasteiger partial charge in [-0.15, -0.1) is 0 Å². The lowest BCUT2D eigenvalue weighted by Gasteiger charge is -2.13. The van der Waals surface area contributed by atoms with Crippen molar-refractivity contribution in [2.24, 2.45) is 0 Å². The Balaban J connectivity index is 1.06. The molecule has 0 aliphatic carbocycles. The van der Waals surface area contributed by atoms with Crippen molar-refractivity contribution in [3.63, 3.8) is 0 Å². The average Bonchev–Trinajstić information content (AvgIpc) is 3.96. The minimum Gasteiger partial charge on any atom is -0.456 e. The minimum atomic E-state index is 0.489. The van der Waals surface area contributed by atoms with Crippen LogP contribution in [0.25, 0.3) is 105 Å². The molecule has 0 saturated heterocycles. The first-order valence-corrected chi connectivity index (χ1v) is 19.5. The first-order valence-electron chi connectivity index (χ1n) is 19.5. The summed E-state index contributed by atoms with van der Waals surface area (Å²) in [4.78, 5) is 15.5. The van der Waals surface area contributed by atoms with Gasteiger partial charge in [0.2, 0.25) is 0 Å². The van der Waals surface area contributed by atoms with Crippen LogP contribution in [0.4, 0.5) is 0 Å². The average molecular weight is 745 g/mol. The van der Waals surface area contributed by atoms with Gasteiger partial charge in [0.05, 0.1) is 11.0 Å². The topological polar surface area (TPSA) is 69.9 Å². The molecule has 0 N–H and O–H groups in total. The van der Waals surface area contributed by atoms with Gasteiger partial charge < -0.3 is 13.4 Å². The summed E-state index contributed by atoms with van der Waals surface area (Å²) in [6, 6.07) is 63.0. The number of furan rings is 2. The van der Waals surface area contributed by atoms with Gasteiger partial charge in [-0.2, -0.15) is 0 Å². The van der Waals surface area contributed by atoms with Crippen LogP contribution in [0.5, 0.6) is 0 Å². The molecule has 0 aliphatic heterocycles. The highest BCUT2D eigenvalue weighted by molar-refractivity contribution is 6.13. The van der Waals surface area contributed by atoms with Crippen LogP contribution in [0.2, 0.25) is 0 Å². The van der Waals surface area contributed by atoms with E-state index in [0.29, 0.717) is 23.9 Å². The second kappa shape index (κ2) is 12.9. The molecule has 6 nitrogen and oxygen atoms in total. The van der Waals surface area contributed by atoms with E-state index in [1.807, 2.05) is 66.7 Å². The van der Waals surface area contributed by atoms with E-state index in [-0.39, 0.29) is 0 Å². The molecule has 0 aliphatic rings. The van der Waals surface area contributed by atoms with Gasteiger partial charge >= 0.3 is 0 Å². The molecule has 0 fully saturated rings. The minimum absolute atomic E-state index is 0.489. The monoisotopic (exact) mass is 744 g/mol. The van der Waals surface area contributed by atoms with Crippen LogP contribution < -0.4 is 0 Å². The Labute approximate surface area is 332 Å². The van der Waals surface area contributed by atoms with Crippen molar-refractivity contribution >= 4 is 65.7 Å². The lowest BCUT2D eigenvalue weighted by molar-refractivity contribution is 0.668. The van der Waals surface area contributed by atoms with E-state index >= 15 is 0 Å². The molecule has 12 rings (SSSR count). The van der Waals surface area contributed by atoms with Crippen molar-refractivity contribution in [1.29, 1.82) is 0 Å². The Hall–Kier alpha value is -7.83. The molecule has 6 heteroatoms. The zero-order chi connectivity index (χ0) is 38.2.